The largest absolute Gasteiger partial charge is 0.325 e. The van der Waals surface area contributed by atoms with Crippen LogP contribution in [0.15, 0.2) is 36.7 Å². The minimum atomic E-state index is 0.415. The Hall–Kier alpha value is -1.74. The zero-order valence-electron chi connectivity index (χ0n) is 9.35. The smallest absolute Gasteiger partial charge is 0.0930 e. The maximum atomic E-state index is 5.64. The van der Waals surface area contributed by atoms with Crippen LogP contribution >= 0.6 is 0 Å². The Morgan fingerprint density at radius 2 is 1.75 bits per heavy atom. The van der Waals surface area contributed by atoms with E-state index < -0.39 is 0 Å². The number of hydrogen-bond donors (Lipinski definition) is 1. The van der Waals surface area contributed by atoms with Gasteiger partial charge in [0.05, 0.1) is 11.4 Å². The molecule has 1 aromatic carbocycles. The van der Waals surface area contributed by atoms with Gasteiger partial charge in [-0.05, 0) is 12.0 Å². The maximum Gasteiger partial charge on any atom is 0.0930 e. The highest BCUT2D eigenvalue weighted by Gasteiger charge is 2.05. The molecule has 16 heavy (non-hydrogen) atoms. The van der Waals surface area contributed by atoms with Crippen molar-refractivity contribution in [1.29, 1.82) is 0 Å². The summed E-state index contributed by atoms with van der Waals surface area (Å²) in [5.41, 5.74) is 9.76. The molecular formula is C13H15N3. The summed E-state index contributed by atoms with van der Waals surface area (Å²) in [6.07, 6.45) is 4.42. The topological polar surface area (TPSA) is 51.8 Å². The van der Waals surface area contributed by atoms with Gasteiger partial charge in [-0.3, -0.25) is 9.97 Å². The Bertz CT molecular complexity index is 463. The van der Waals surface area contributed by atoms with Crippen LogP contribution in [-0.4, -0.2) is 9.97 Å². The fraction of sp³-hybridized carbons (Fsp3) is 0.231. The molecule has 3 heteroatoms. The van der Waals surface area contributed by atoms with E-state index in [-0.39, 0.29) is 0 Å². The Balaban J connectivity index is 2.42. The summed E-state index contributed by atoms with van der Waals surface area (Å²) < 4.78 is 0. The summed E-state index contributed by atoms with van der Waals surface area (Å²) in [6, 6.07) is 8.37. The lowest BCUT2D eigenvalue weighted by Gasteiger charge is -2.06. The molecule has 0 aliphatic carbocycles. The Kier molecular flexibility index (Phi) is 3.27. The van der Waals surface area contributed by atoms with Gasteiger partial charge in [-0.25, -0.2) is 0 Å². The van der Waals surface area contributed by atoms with E-state index in [9.17, 15) is 0 Å². The number of rotatable bonds is 3. The van der Waals surface area contributed by atoms with Crippen molar-refractivity contribution in [2.75, 3.05) is 0 Å². The molecule has 0 spiro atoms. The van der Waals surface area contributed by atoms with E-state index >= 15 is 0 Å². The van der Waals surface area contributed by atoms with E-state index in [0.29, 0.717) is 6.54 Å². The molecule has 0 aliphatic rings. The van der Waals surface area contributed by atoms with Crippen molar-refractivity contribution in [3.8, 4) is 11.3 Å². The molecule has 2 N–H and O–H groups in total. The standard InChI is InChI=1S/C13H15N3/c1-2-10-3-5-11(6-4-10)13-12(9-14)15-7-8-16-13/h3-8H,2,9,14H2,1H3. The van der Waals surface area contributed by atoms with Crippen LogP contribution in [0.25, 0.3) is 11.3 Å². The first-order valence-corrected chi connectivity index (χ1v) is 5.44. The average molecular weight is 213 g/mol. The highest BCUT2D eigenvalue weighted by molar-refractivity contribution is 5.61. The average Bonchev–Trinajstić information content (AvgIpc) is 2.39. The van der Waals surface area contributed by atoms with Crippen molar-refractivity contribution < 1.29 is 0 Å². The van der Waals surface area contributed by atoms with Crippen LogP contribution in [0, 0.1) is 0 Å². The predicted molar refractivity (Wildman–Crippen MR) is 64.7 cm³/mol. The van der Waals surface area contributed by atoms with Crippen molar-refractivity contribution in [2.45, 2.75) is 19.9 Å². The molecule has 0 aliphatic heterocycles. The third kappa shape index (κ3) is 2.09. The molecule has 2 aromatic rings. The second-order valence-corrected chi connectivity index (χ2v) is 3.61. The molecule has 2 rings (SSSR count). The number of benzene rings is 1. The molecule has 0 radical (unpaired) electrons. The zero-order valence-corrected chi connectivity index (χ0v) is 9.35. The van der Waals surface area contributed by atoms with Crippen LogP contribution < -0.4 is 5.73 Å². The second kappa shape index (κ2) is 4.86. The third-order valence-corrected chi connectivity index (χ3v) is 2.60. The van der Waals surface area contributed by atoms with E-state index in [2.05, 4.69) is 41.2 Å². The minimum Gasteiger partial charge on any atom is -0.325 e. The number of hydrogen-bond acceptors (Lipinski definition) is 3. The van der Waals surface area contributed by atoms with Gasteiger partial charge in [0.25, 0.3) is 0 Å². The molecule has 0 fully saturated rings. The Morgan fingerprint density at radius 3 is 2.38 bits per heavy atom. The summed E-state index contributed by atoms with van der Waals surface area (Å²) in [4.78, 5) is 8.56. The number of aryl methyl sites for hydroxylation is 1. The molecule has 0 bridgehead atoms. The first-order valence-electron chi connectivity index (χ1n) is 5.44. The summed E-state index contributed by atoms with van der Waals surface area (Å²) >= 11 is 0. The van der Waals surface area contributed by atoms with Crippen LogP contribution in [0.5, 0.6) is 0 Å². The van der Waals surface area contributed by atoms with Gasteiger partial charge in [-0.2, -0.15) is 0 Å². The van der Waals surface area contributed by atoms with Crippen LogP contribution in [-0.2, 0) is 13.0 Å². The van der Waals surface area contributed by atoms with Gasteiger partial charge in [0.2, 0.25) is 0 Å². The second-order valence-electron chi connectivity index (χ2n) is 3.61. The summed E-state index contributed by atoms with van der Waals surface area (Å²) in [7, 11) is 0. The fourth-order valence-corrected chi connectivity index (χ4v) is 1.66. The highest BCUT2D eigenvalue weighted by Crippen LogP contribution is 2.19. The van der Waals surface area contributed by atoms with Gasteiger partial charge in [-0.1, -0.05) is 31.2 Å². The molecule has 1 heterocycles. The van der Waals surface area contributed by atoms with Gasteiger partial charge in [0.15, 0.2) is 0 Å². The first-order chi connectivity index (χ1) is 7.85. The molecule has 0 saturated heterocycles. The molecule has 3 nitrogen and oxygen atoms in total. The van der Waals surface area contributed by atoms with Crippen molar-refractivity contribution in [3.63, 3.8) is 0 Å². The summed E-state index contributed by atoms with van der Waals surface area (Å²) in [5, 5.41) is 0. The molecule has 0 saturated carbocycles. The van der Waals surface area contributed by atoms with E-state index in [4.69, 9.17) is 5.73 Å². The lowest BCUT2D eigenvalue weighted by Crippen LogP contribution is -2.03. The van der Waals surface area contributed by atoms with E-state index in [0.717, 1.165) is 23.4 Å². The predicted octanol–water partition coefficient (Wildman–Crippen LogP) is 2.16. The van der Waals surface area contributed by atoms with Gasteiger partial charge in [0.1, 0.15) is 0 Å². The van der Waals surface area contributed by atoms with Gasteiger partial charge >= 0.3 is 0 Å². The zero-order chi connectivity index (χ0) is 11.4. The highest BCUT2D eigenvalue weighted by atomic mass is 14.8. The van der Waals surface area contributed by atoms with Crippen molar-refractivity contribution >= 4 is 0 Å². The normalized spacial score (nSPS) is 10.4. The van der Waals surface area contributed by atoms with Crippen LogP contribution in [0.1, 0.15) is 18.2 Å². The van der Waals surface area contributed by atoms with Crippen molar-refractivity contribution in [2.24, 2.45) is 5.73 Å². The maximum absolute atomic E-state index is 5.64. The lowest BCUT2D eigenvalue weighted by molar-refractivity contribution is 0.969. The monoisotopic (exact) mass is 213 g/mol. The molecular weight excluding hydrogens is 198 g/mol. The first kappa shape index (κ1) is 10.8. The molecule has 1 aromatic heterocycles. The van der Waals surface area contributed by atoms with Gasteiger partial charge < -0.3 is 5.73 Å². The number of aromatic nitrogens is 2. The van der Waals surface area contributed by atoms with Crippen LogP contribution in [0.2, 0.25) is 0 Å². The number of nitrogens with two attached hydrogens (primary N) is 1. The van der Waals surface area contributed by atoms with Gasteiger partial charge in [-0.15, -0.1) is 0 Å². The van der Waals surface area contributed by atoms with E-state index in [1.54, 1.807) is 12.4 Å². The lowest BCUT2D eigenvalue weighted by atomic mass is 10.1. The van der Waals surface area contributed by atoms with E-state index in [1.807, 2.05) is 0 Å². The summed E-state index contributed by atoms with van der Waals surface area (Å²) in [6.45, 7) is 2.56. The van der Waals surface area contributed by atoms with Crippen molar-refractivity contribution in [1.82, 2.24) is 9.97 Å². The van der Waals surface area contributed by atoms with Gasteiger partial charge in [0, 0.05) is 24.5 Å². The Morgan fingerprint density at radius 1 is 1.06 bits per heavy atom. The number of nitrogens with zero attached hydrogens (tertiary/aromatic N) is 2. The minimum absolute atomic E-state index is 0.415. The molecule has 82 valence electrons. The molecule has 0 amide bonds. The fourth-order valence-electron chi connectivity index (χ4n) is 1.66. The molecule has 0 atom stereocenters. The quantitative estimate of drug-likeness (QED) is 0.850. The van der Waals surface area contributed by atoms with Crippen molar-refractivity contribution in [3.05, 3.63) is 47.9 Å². The SMILES string of the molecule is CCc1ccc(-c2nccnc2CN)cc1. The Labute approximate surface area is 95.4 Å². The van der Waals surface area contributed by atoms with E-state index in [1.165, 1.54) is 5.56 Å². The molecule has 0 unspecified atom stereocenters. The summed E-state index contributed by atoms with van der Waals surface area (Å²) in [5.74, 6) is 0. The van der Waals surface area contributed by atoms with Crippen LogP contribution in [0.4, 0.5) is 0 Å². The third-order valence-electron chi connectivity index (χ3n) is 2.60. The van der Waals surface area contributed by atoms with Crippen LogP contribution in [0.3, 0.4) is 0 Å².